The van der Waals surface area contributed by atoms with Gasteiger partial charge in [-0.2, -0.15) is 5.10 Å². The average Bonchev–Trinajstić information content (AvgIpc) is 2.64. The number of nitrogens with two attached hydrogens (primary N) is 1. The molecule has 0 aliphatic heterocycles. The van der Waals surface area contributed by atoms with Crippen molar-refractivity contribution in [3.8, 4) is 0 Å². The molecule has 1 unspecified atom stereocenters. The Balaban J connectivity index is 3.20. The summed E-state index contributed by atoms with van der Waals surface area (Å²) < 4.78 is 8.86. The molecule has 144 valence electrons. The van der Waals surface area contributed by atoms with E-state index in [9.17, 15) is 24.0 Å². The zero-order chi connectivity index (χ0) is 20.6. The third-order valence-electron chi connectivity index (χ3n) is 2.98. The van der Waals surface area contributed by atoms with Crippen LogP contribution in [0.4, 0.5) is 10.5 Å². The second-order valence-corrected chi connectivity index (χ2v) is 5.18. The molecule has 0 aromatic heterocycles. The second kappa shape index (κ2) is 9.87. The Morgan fingerprint density at radius 3 is 2.15 bits per heavy atom. The van der Waals surface area contributed by atoms with E-state index in [2.05, 4.69) is 19.9 Å². The van der Waals surface area contributed by atoms with E-state index >= 15 is 0 Å². The number of esters is 2. The topological polar surface area (TPSA) is 166 Å². The van der Waals surface area contributed by atoms with Gasteiger partial charge in [-0.05, 0) is 24.3 Å². The van der Waals surface area contributed by atoms with E-state index in [-0.39, 0.29) is 5.69 Å². The predicted molar refractivity (Wildman–Crippen MR) is 92.8 cm³/mol. The fraction of sp³-hybridized carbons (Fsp3) is 0.200. The van der Waals surface area contributed by atoms with E-state index in [4.69, 9.17) is 17.3 Å². The molecule has 4 N–H and O–H groups in total. The standard InChI is InChI=1S/C15H15ClN4O7/c1-26-13(23)9(10(14(24)27-2)19-20-15(17)25)11(21)12(22)18-8-5-3-7(16)4-6-8/h3-6,9H,1-2H3,(H,18,22)(H3,17,20,25)/b19-10-. The van der Waals surface area contributed by atoms with Crippen LogP contribution in [0.2, 0.25) is 5.02 Å². The zero-order valence-corrected chi connectivity index (χ0v) is 14.9. The third kappa shape index (κ3) is 6.08. The van der Waals surface area contributed by atoms with Crippen LogP contribution in [0.3, 0.4) is 0 Å². The minimum Gasteiger partial charge on any atom is -0.468 e. The number of nitrogens with one attached hydrogen (secondary N) is 2. The van der Waals surface area contributed by atoms with Gasteiger partial charge in [0.15, 0.2) is 11.6 Å². The number of methoxy groups -OCH3 is 2. The minimum absolute atomic E-state index is 0.202. The molecule has 27 heavy (non-hydrogen) atoms. The molecule has 1 aromatic carbocycles. The van der Waals surface area contributed by atoms with Gasteiger partial charge < -0.3 is 20.5 Å². The van der Waals surface area contributed by atoms with Crippen molar-refractivity contribution >= 4 is 52.7 Å². The van der Waals surface area contributed by atoms with Crippen LogP contribution >= 0.6 is 11.6 Å². The molecule has 1 rings (SSSR count). The summed E-state index contributed by atoms with van der Waals surface area (Å²) in [6.45, 7) is 0. The van der Waals surface area contributed by atoms with Gasteiger partial charge in [0.05, 0.1) is 14.2 Å². The van der Waals surface area contributed by atoms with Gasteiger partial charge in [-0.3, -0.25) is 14.4 Å². The highest BCUT2D eigenvalue weighted by molar-refractivity contribution is 6.55. The number of hydrogen-bond donors (Lipinski definition) is 3. The minimum atomic E-state index is -2.10. The highest BCUT2D eigenvalue weighted by atomic mass is 35.5. The number of halogens is 1. The number of ether oxygens (including phenoxy) is 2. The Hall–Kier alpha value is -3.47. The molecule has 11 nitrogen and oxygen atoms in total. The lowest BCUT2D eigenvalue weighted by molar-refractivity contribution is -0.150. The van der Waals surface area contributed by atoms with Crippen molar-refractivity contribution in [1.82, 2.24) is 5.43 Å². The summed E-state index contributed by atoms with van der Waals surface area (Å²) in [5, 5.41) is 5.91. The van der Waals surface area contributed by atoms with Crippen LogP contribution in [0.5, 0.6) is 0 Å². The van der Waals surface area contributed by atoms with Crippen LogP contribution in [-0.4, -0.2) is 49.6 Å². The number of nitrogens with zero attached hydrogens (tertiary/aromatic N) is 1. The van der Waals surface area contributed by atoms with Crippen molar-refractivity contribution in [2.45, 2.75) is 0 Å². The maximum atomic E-state index is 12.4. The molecular formula is C15H15ClN4O7. The number of amides is 3. The molecular weight excluding hydrogens is 384 g/mol. The van der Waals surface area contributed by atoms with Crippen LogP contribution < -0.4 is 16.5 Å². The molecule has 0 radical (unpaired) electrons. The summed E-state index contributed by atoms with van der Waals surface area (Å²) in [6.07, 6.45) is 0. The second-order valence-electron chi connectivity index (χ2n) is 4.75. The third-order valence-corrected chi connectivity index (χ3v) is 3.23. The Kier molecular flexibility index (Phi) is 7.89. The number of benzene rings is 1. The van der Waals surface area contributed by atoms with Gasteiger partial charge in [-0.1, -0.05) is 11.6 Å². The molecule has 1 aromatic rings. The lowest BCUT2D eigenvalue weighted by Gasteiger charge is -2.14. The SMILES string of the molecule is COC(=O)/C(=N\NC(N)=O)C(C(=O)OC)C(=O)C(=O)Nc1ccc(Cl)cc1. The van der Waals surface area contributed by atoms with Crippen LogP contribution in [-0.2, 0) is 28.7 Å². The quantitative estimate of drug-likeness (QED) is 0.188. The average molecular weight is 399 g/mol. The Labute approximate surface area is 157 Å². The number of rotatable bonds is 7. The van der Waals surface area contributed by atoms with Crippen molar-refractivity contribution < 1.29 is 33.4 Å². The molecule has 0 bridgehead atoms. The molecule has 12 heteroatoms. The van der Waals surface area contributed by atoms with E-state index < -0.39 is 41.3 Å². The molecule has 0 aliphatic rings. The summed E-state index contributed by atoms with van der Waals surface area (Å²) in [5.74, 6) is -7.26. The van der Waals surface area contributed by atoms with Gasteiger partial charge in [0.25, 0.3) is 5.91 Å². The van der Waals surface area contributed by atoms with E-state index in [0.717, 1.165) is 14.2 Å². The van der Waals surface area contributed by atoms with Crippen LogP contribution in [0.1, 0.15) is 0 Å². The molecule has 0 spiro atoms. The first kappa shape index (κ1) is 21.6. The van der Waals surface area contributed by atoms with E-state index in [1.54, 1.807) is 5.43 Å². The smallest absolute Gasteiger partial charge is 0.355 e. The first-order valence-electron chi connectivity index (χ1n) is 7.11. The van der Waals surface area contributed by atoms with E-state index in [1.807, 2.05) is 0 Å². The van der Waals surface area contributed by atoms with Crippen LogP contribution in [0.15, 0.2) is 29.4 Å². The zero-order valence-electron chi connectivity index (χ0n) is 14.1. The normalized spacial score (nSPS) is 11.7. The molecule has 0 saturated carbocycles. The van der Waals surface area contributed by atoms with Gasteiger partial charge in [-0.15, -0.1) is 0 Å². The van der Waals surface area contributed by atoms with Gasteiger partial charge in [0.1, 0.15) is 0 Å². The number of anilines is 1. The Morgan fingerprint density at radius 1 is 1.07 bits per heavy atom. The first-order chi connectivity index (χ1) is 12.7. The number of hydrazone groups is 1. The maximum absolute atomic E-state index is 12.4. The Morgan fingerprint density at radius 2 is 1.67 bits per heavy atom. The highest BCUT2D eigenvalue weighted by Crippen LogP contribution is 2.15. The van der Waals surface area contributed by atoms with Crippen molar-refractivity contribution in [2.75, 3.05) is 19.5 Å². The number of ketones is 1. The summed E-state index contributed by atoms with van der Waals surface area (Å²) in [4.78, 5) is 59.3. The number of urea groups is 1. The number of primary amides is 1. The molecule has 0 heterocycles. The largest absolute Gasteiger partial charge is 0.468 e. The Bertz CT molecular complexity index is 792. The number of hydrogen-bond acceptors (Lipinski definition) is 8. The monoisotopic (exact) mass is 398 g/mol. The molecule has 1 atom stereocenters. The lowest BCUT2D eigenvalue weighted by Crippen LogP contribution is -2.44. The van der Waals surface area contributed by atoms with Crippen molar-refractivity contribution in [3.63, 3.8) is 0 Å². The molecule has 0 saturated heterocycles. The predicted octanol–water partition coefficient (Wildman–Crippen LogP) is -0.166. The van der Waals surface area contributed by atoms with Crippen molar-refractivity contribution in [3.05, 3.63) is 29.3 Å². The van der Waals surface area contributed by atoms with Crippen LogP contribution in [0, 0.1) is 5.92 Å². The number of Topliss-reactive ketones (excluding diaryl/α,β-unsaturated/α-hetero) is 1. The molecule has 3 amide bonds. The van der Waals surface area contributed by atoms with Gasteiger partial charge >= 0.3 is 18.0 Å². The van der Waals surface area contributed by atoms with Crippen LogP contribution in [0.25, 0.3) is 0 Å². The van der Waals surface area contributed by atoms with Crippen molar-refractivity contribution in [2.24, 2.45) is 16.8 Å². The fourth-order valence-electron chi connectivity index (χ4n) is 1.77. The summed E-state index contributed by atoms with van der Waals surface area (Å²) in [5.41, 5.74) is 5.84. The summed E-state index contributed by atoms with van der Waals surface area (Å²) >= 11 is 5.72. The highest BCUT2D eigenvalue weighted by Gasteiger charge is 2.41. The molecule has 0 aliphatic carbocycles. The lowest BCUT2D eigenvalue weighted by atomic mass is 9.97. The fourth-order valence-corrected chi connectivity index (χ4v) is 1.89. The number of carbonyl (C=O) groups is 5. The van der Waals surface area contributed by atoms with Gasteiger partial charge in [0, 0.05) is 10.7 Å². The first-order valence-corrected chi connectivity index (χ1v) is 7.49. The maximum Gasteiger partial charge on any atom is 0.355 e. The number of carbonyl (C=O) groups excluding carboxylic acids is 5. The summed E-state index contributed by atoms with van der Waals surface area (Å²) in [7, 11) is 1.87. The summed E-state index contributed by atoms with van der Waals surface area (Å²) in [6, 6.07) is 4.54. The van der Waals surface area contributed by atoms with Crippen molar-refractivity contribution in [1.29, 1.82) is 0 Å². The van der Waals surface area contributed by atoms with E-state index in [0.29, 0.717) is 5.02 Å². The molecule has 0 fully saturated rings. The van der Waals surface area contributed by atoms with Gasteiger partial charge in [-0.25, -0.2) is 15.0 Å². The van der Waals surface area contributed by atoms with Gasteiger partial charge in [0.2, 0.25) is 5.78 Å². The van der Waals surface area contributed by atoms with E-state index in [1.165, 1.54) is 24.3 Å².